The van der Waals surface area contributed by atoms with Crippen LogP contribution in [0.1, 0.15) is 23.5 Å². The molecule has 0 saturated carbocycles. The Balaban J connectivity index is 1.58. The second-order valence-corrected chi connectivity index (χ2v) is 7.42. The van der Waals surface area contributed by atoms with Gasteiger partial charge in [0.2, 0.25) is 5.91 Å². The molecule has 0 spiro atoms. The first-order chi connectivity index (χ1) is 15.9. The van der Waals surface area contributed by atoms with Gasteiger partial charge in [-0.1, -0.05) is 48.5 Å². The number of carbonyl (C=O) groups excluding carboxylic acids is 3. The molecule has 1 unspecified atom stereocenters. The maximum Gasteiger partial charge on any atom is 0.407 e. The number of fused-ring (bicyclic) bond motifs is 3. The average Bonchev–Trinajstić information content (AvgIpc) is 3.13. The summed E-state index contributed by atoms with van der Waals surface area (Å²) in [6.45, 7) is 0.238. The molecule has 1 aliphatic carbocycles. The Hall–Kier alpha value is -4.08. The van der Waals surface area contributed by atoms with Crippen LogP contribution in [0, 0.1) is 0 Å². The molecule has 33 heavy (non-hydrogen) atoms. The lowest BCUT2D eigenvalue weighted by atomic mass is 9.98. The van der Waals surface area contributed by atoms with Gasteiger partial charge in [0.25, 0.3) is 0 Å². The number of hydrogen-bond acceptors (Lipinski definition) is 5. The zero-order valence-electron chi connectivity index (χ0n) is 18.1. The third-order valence-electron chi connectivity index (χ3n) is 5.27. The quantitative estimate of drug-likeness (QED) is 0.362. The summed E-state index contributed by atoms with van der Waals surface area (Å²) >= 11 is 0. The number of alkyl carbamates (subject to hydrolysis) is 1. The highest BCUT2D eigenvalue weighted by Crippen LogP contribution is 2.44. The van der Waals surface area contributed by atoms with Gasteiger partial charge in [-0.25, -0.2) is 9.59 Å². The number of rotatable bonds is 9. The normalized spacial score (nSPS) is 12.6. The number of carbonyl (C=O) groups is 4. The van der Waals surface area contributed by atoms with E-state index in [-0.39, 0.29) is 25.6 Å². The van der Waals surface area contributed by atoms with E-state index < -0.39 is 36.5 Å². The Morgan fingerprint density at radius 1 is 0.939 bits per heavy atom. The monoisotopic (exact) mass is 454 g/mol. The van der Waals surface area contributed by atoms with E-state index >= 15 is 0 Å². The maximum atomic E-state index is 12.4. The van der Waals surface area contributed by atoms with Crippen molar-refractivity contribution in [3.05, 3.63) is 59.7 Å². The van der Waals surface area contributed by atoms with Crippen molar-refractivity contribution in [1.82, 2.24) is 21.3 Å². The van der Waals surface area contributed by atoms with E-state index in [1.807, 2.05) is 48.5 Å². The molecule has 0 radical (unpaired) electrons. The van der Waals surface area contributed by atoms with Crippen molar-refractivity contribution in [1.29, 1.82) is 0 Å². The van der Waals surface area contributed by atoms with Gasteiger partial charge in [0.1, 0.15) is 12.6 Å². The van der Waals surface area contributed by atoms with E-state index in [9.17, 15) is 19.2 Å². The van der Waals surface area contributed by atoms with Gasteiger partial charge in [-0.05, 0) is 22.3 Å². The molecule has 2 aromatic carbocycles. The Labute approximate surface area is 190 Å². The second kappa shape index (κ2) is 11.0. The molecule has 4 amide bonds. The van der Waals surface area contributed by atoms with E-state index in [0.717, 1.165) is 22.3 Å². The highest BCUT2D eigenvalue weighted by atomic mass is 16.5. The molecular weight excluding hydrogens is 428 g/mol. The summed E-state index contributed by atoms with van der Waals surface area (Å²) in [5, 5.41) is 18.8. The lowest BCUT2D eigenvalue weighted by Crippen LogP contribution is -2.49. The van der Waals surface area contributed by atoms with E-state index in [4.69, 9.17) is 9.84 Å². The highest BCUT2D eigenvalue weighted by Gasteiger charge is 2.30. The van der Waals surface area contributed by atoms with Gasteiger partial charge in [-0.2, -0.15) is 0 Å². The maximum absolute atomic E-state index is 12.4. The van der Waals surface area contributed by atoms with Crippen molar-refractivity contribution in [3.8, 4) is 11.1 Å². The van der Waals surface area contributed by atoms with Gasteiger partial charge in [0.15, 0.2) is 0 Å². The summed E-state index contributed by atoms with van der Waals surface area (Å²) in [5.74, 6) is -2.10. The molecule has 10 nitrogen and oxygen atoms in total. The van der Waals surface area contributed by atoms with E-state index in [1.54, 1.807) is 0 Å². The minimum Gasteiger partial charge on any atom is -0.481 e. The number of amides is 4. The fourth-order valence-corrected chi connectivity index (χ4v) is 3.74. The number of carboxylic acids is 1. The fourth-order valence-electron chi connectivity index (χ4n) is 3.74. The molecule has 174 valence electrons. The molecule has 1 aliphatic rings. The van der Waals surface area contributed by atoms with Gasteiger partial charge in [0.05, 0.1) is 6.42 Å². The number of ether oxygens (including phenoxy) is 1. The number of carboxylic acid groups (broad SMARTS) is 1. The molecule has 0 aromatic heterocycles. The van der Waals surface area contributed by atoms with Crippen LogP contribution in [0.15, 0.2) is 48.5 Å². The number of nitrogens with one attached hydrogen (secondary N) is 4. The fraction of sp³-hybridized carbons (Fsp3) is 0.304. The van der Waals surface area contributed by atoms with Crippen LogP contribution in [0.25, 0.3) is 11.1 Å². The first-order valence-electron chi connectivity index (χ1n) is 10.5. The van der Waals surface area contributed by atoms with Crippen LogP contribution in [0.4, 0.5) is 9.59 Å². The molecular formula is C23H26N4O6. The van der Waals surface area contributed by atoms with Gasteiger partial charge >= 0.3 is 18.1 Å². The van der Waals surface area contributed by atoms with Crippen molar-refractivity contribution >= 4 is 24.0 Å². The Morgan fingerprint density at radius 3 is 2.09 bits per heavy atom. The lowest BCUT2D eigenvalue weighted by molar-refractivity contribution is -0.139. The van der Waals surface area contributed by atoms with Crippen LogP contribution < -0.4 is 21.3 Å². The first kappa shape index (κ1) is 23.6. The molecule has 0 saturated heterocycles. The van der Waals surface area contributed by atoms with E-state index in [2.05, 4.69) is 21.3 Å². The van der Waals surface area contributed by atoms with Crippen LogP contribution >= 0.6 is 0 Å². The zero-order chi connectivity index (χ0) is 23.8. The molecule has 3 rings (SSSR count). The van der Waals surface area contributed by atoms with Crippen LogP contribution in [0.2, 0.25) is 0 Å². The molecule has 10 heteroatoms. The Bertz CT molecular complexity index is 996. The minimum absolute atomic E-state index is 0.0390. The topological polar surface area (TPSA) is 146 Å². The van der Waals surface area contributed by atoms with Crippen molar-refractivity contribution < 1.29 is 29.0 Å². The van der Waals surface area contributed by atoms with Gasteiger partial charge in [-0.3, -0.25) is 9.59 Å². The van der Waals surface area contributed by atoms with Gasteiger partial charge < -0.3 is 31.1 Å². The van der Waals surface area contributed by atoms with Gasteiger partial charge in [0, 0.05) is 26.1 Å². The number of hydrogen-bond donors (Lipinski definition) is 5. The number of aliphatic carboxylic acids is 1. The SMILES string of the molecule is CNC(=O)NCCNC(=O)C(CC(=O)O)NC(=O)OCC1c2ccccc2-c2ccccc21. The first-order valence-corrected chi connectivity index (χ1v) is 10.5. The summed E-state index contributed by atoms with van der Waals surface area (Å²) in [6.07, 6.45) is -1.50. The van der Waals surface area contributed by atoms with Gasteiger partial charge in [-0.15, -0.1) is 0 Å². The van der Waals surface area contributed by atoms with Crippen LogP contribution in [0.3, 0.4) is 0 Å². The summed E-state index contributed by atoms with van der Waals surface area (Å²) < 4.78 is 5.39. The van der Waals surface area contributed by atoms with Crippen molar-refractivity contribution in [2.24, 2.45) is 0 Å². The minimum atomic E-state index is -1.32. The average molecular weight is 454 g/mol. The number of benzene rings is 2. The van der Waals surface area contributed by atoms with Crippen molar-refractivity contribution in [2.75, 3.05) is 26.7 Å². The smallest absolute Gasteiger partial charge is 0.407 e. The summed E-state index contributed by atoms with van der Waals surface area (Å²) in [4.78, 5) is 47.0. The molecule has 1 atom stereocenters. The standard InChI is InChI=1S/C23H26N4O6/c1-24-22(31)26-11-10-25-21(30)19(12-20(28)29)27-23(32)33-13-18-16-8-4-2-6-14(16)15-7-3-5-9-17(15)18/h2-9,18-19H,10-13H2,1H3,(H,25,30)(H,27,32)(H,28,29)(H2,24,26,31). The summed E-state index contributed by atoms with van der Waals surface area (Å²) in [7, 11) is 1.45. The van der Waals surface area contributed by atoms with Crippen LogP contribution in [-0.2, 0) is 14.3 Å². The lowest BCUT2D eigenvalue weighted by Gasteiger charge is -2.18. The predicted octanol–water partition coefficient (Wildman–Crippen LogP) is 1.41. The van der Waals surface area contributed by atoms with E-state index in [1.165, 1.54) is 7.05 Å². The Kier molecular flexibility index (Phi) is 7.85. The van der Waals surface area contributed by atoms with Crippen LogP contribution in [-0.4, -0.2) is 61.9 Å². The highest BCUT2D eigenvalue weighted by molar-refractivity contribution is 5.89. The molecule has 0 bridgehead atoms. The summed E-state index contributed by atoms with van der Waals surface area (Å²) in [5.41, 5.74) is 4.23. The third-order valence-corrected chi connectivity index (χ3v) is 5.27. The second-order valence-electron chi connectivity index (χ2n) is 7.42. The largest absolute Gasteiger partial charge is 0.481 e. The molecule has 5 N–H and O–H groups in total. The number of urea groups is 1. The molecule has 0 fully saturated rings. The molecule has 2 aromatic rings. The van der Waals surface area contributed by atoms with E-state index in [0.29, 0.717) is 0 Å². The van der Waals surface area contributed by atoms with Crippen LogP contribution in [0.5, 0.6) is 0 Å². The Morgan fingerprint density at radius 2 is 1.52 bits per heavy atom. The molecule has 0 aliphatic heterocycles. The molecule has 0 heterocycles. The zero-order valence-corrected chi connectivity index (χ0v) is 18.1. The van der Waals surface area contributed by atoms with Crippen molar-refractivity contribution in [3.63, 3.8) is 0 Å². The third kappa shape index (κ3) is 6.00. The predicted molar refractivity (Wildman–Crippen MR) is 120 cm³/mol. The van der Waals surface area contributed by atoms with Crippen molar-refractivity contribution in [2.45, 2.75) is 18.4 Å². The summed E-state index contributed by atoms with van der Waals surface area (Å²) in [6, 6.07) is 14.0.